The second kappa shape index (κ2) is 9.69. The minimum atomic E-state index is -2.84. The Bertz CT molecular complexity index is 1050. The largest absolute Gasteiger partial charge is 0.328 e. The van der Waals surface area contributed by atoms with Gasteiger partial charge in [-0.1, -0.05) is 23.4 Å². The normalized spacial score (nSPS) is 18.7. The van der Waals surface area contributed by atoms with Gasteiger partial charge in [0.2, 0.25) is 0 Å². The summed E-state index contributed by atoms with van der Waals surface area (Å²) in [5.74, 6) is 4.55. The highest BCUT2D eigenvalue weighted by molar-refractivity contribution is 7.18. The molecule has 1 aliphatic rings. The van der Waals surface area contributed by atoms with Gasteiger partial charge in [0.1, 0.15) is 4.34 Å². The molecule has 1 saturated carbocycles. The average Bonchev–Trinajstić information content (AvgIpc) is 3.06. The molecular weight excluding hydrogens is 439 g/mol. The molecule has 0 aromatic carbocycles. The predicted octanol–water partition coefficient (Wildman–Crippen LogP) is 4.09. The van der Waals surface area contributed by atoms with E-state index in [4.69, 9.17) is 17.3 Å². The first-order valence-electron chi connectivity index (χ1n) is 9.29. The summed E-state index contributed by atoms with van der Waals surface area (Å²) in [4.78, 5) is 24.3. The van der Waals surface area contributed by atoms with Crippen molar-refractivity contribution in [3.05, 3.63) is 49.3 Å². The highest BCUT2D eigenvalue weighted by Gasteiger charge is 2.18. The lowest BCUT2D eigenvalue weighted by Gasteiger charge is -2.21. The van der Waals surface area contributed by atoms with E-state index < -0.39 is 30.3 Å². The van der Waals surface area contributed by atoms with Crippen molar-refractivity contribution in [2.45, 2.75) is 44.7 Å². The fourth-order valence-corrected chi connectivity index (χ4v) is 4.24. The Morgan fingerprint density at radius 1 is 1.33 bits per heavy atom. The van der Waals surface area contributed by atoms with Gasteiger partial charge in [0, 0.05) is 24.2 Å². The Kier molecular flexibility index (Phi) is 7.23. The maximum atomic E-state index is 13.7. The number of alkyl halides is 2. The number of thiophene rings is 1. The van der Waals surface area contributed by atoms with Gasteiger partial charge in [-0.3, -0.25) is 9.59 Å². The minimum Gasteiger partial charge on any atom is -0.328 e. The molecule has 5 nitrogen and oxygen atoms in total. The van der Waals surface area contributed by atoms with Crippen molar-refractivity contribution in [1.29, 1.82) is 0 Å². The third kappa shape index (κ3) is 5.65. The lowest BCUT2D eigenvalue weighted by molar-refractivity contribution is 0.103. The fourth-order valence-electron chi connectivity index (χ4n) is 3.15. The Hall–Kier alpha value is -2.28. The van der Waals surface area contributed by atoms with Crippen molar-refractivity contribution in [3.63, 3.8) is 0 Å². The number of nitrogens with zero attached hydrogens (tertiary/aromatic N) is 1. The molecule has 1 fully saturated rings. The smallest absolute Gasteiger partial charge is 0.286 e. The Labute approximate surface area is 180 Å². The number of hydrogen-bond donors (Lipinski definition) is 2. The van der Waals surface area contributed by atoms with Gasteiger partial charge in [-0.2, -0.15) is 0 Å². The molecule has 3 N–H and O–H groups in total. The van der Waals surface area contributed by atoms with E-state index in [0.29, 0.717) is 14.5 Å². The molecule has 0 radical (unpaired) electrons. The Morgan fingerprint density at radius 3 is 2.70 bits per heavy atom. The lowest BCUT2D eigenvalue weighted by Crippen LogP contribution is -2.26. The molecule has 2 aromatic rings. The van der Waals surface area contributed by atoms with Crippen LogP contribution in [0.1, 0.15) is 40.9 Å². The van der Waals surface area contributed by atoms with E-state index in [1.807, 2.05) is 0 Å². The van der Waals surface area contributed by atoms with Crippen LogP contribution in [0, 0.1) is 23.6 Å². The minimum absolute atomic E-state index is 0.117. The molecule has 3 rings (SSSR count). The van der Waals surface area contributed by atoms with Crippen molar-refractivity contribution < 1.29 is 18.0 Å². The van der Waals surface area contributed by atoms with Gasteiger partial charge in [0.05, 0.1) is 22.7 Å². The number of anilines is 1. The van der Waals surface area contributed by atoms with Crippen LogP contribution in [0.4, 0.5) is 18.9 Å². The van der Waals surface area contributed by atoms with Crippen molar-refractivity contribution in [1.82, 2.24) is 4.57 Å². The number of nitrogens with two attached hydrogens (primary N) is 1. The van der Waals surface area contributed by atoms with Crippen LogP contribution < -0.4 is 16.6 Å². The van der Waals surface area contributed by atoms with Crippen molar-refractivity contribution in [2.75, 3.05) is 5.32 Å². The molecule has 0 saturated heterocycles. The van der Waals surface area contributed by atoms with E-state index in [2.05, 4.69) is 17.2 Å². The molecule has 30 heavy (non-hydrogen) atoms. The maximum Gasteiger partial charge on any atom is 0.286 e. The van der Waals surface area contributed by atoms with Crippen LogP contribution in [-0.2, 0) is 6.54 Å². The molecule has 2 heterocycles. The van der Waals surface area contributed by atoms with E-state index >= 15 is 0 Å². The molecule has 0 spiro atoms. The quantitative estimate of drug-likeness (QED) is 0.679. The van der Waals surface area contributed by atoms with E-state index in [-0.39, 0.29) is 22.5 Å². The highest BCUT2D eigenvalue weighted by atomic mass is 35.5. The molecule has 0 atom stereocenters. The van der Waals surface area contributed by atoms with Gasteiger partial charge in [-0.05, 0) is 31.7 Å². The fraction of sp³-hybridized carbons (Fsp3) is 0.400. The molecule has 0 aliphatic heterocycles. The lowest BCUT2D eigenvalue weighted by atomic mass is 9.87. The molecule has 1 amide bonds. The van der Waals surface area contributed by atoms with Crippen LogP contribution in [-0.4, -0.2) is 22.9 Å². The third-order valence-electron chi connectivity index (χ3n) is 4.73. The summed E-state index contributed by atoms with van der Waals surface area (Å²) in [6, 6.07) is 2.53. The van der Waals surface area contributed by atoms with E-state index in [9.17, 15) is 22.8 Å². The molecule has 0 bridgehead atoms. The number of carbonyl (C=O) groups is 1. The van der Waals surface area contributed by atoms with Gasteiger partial charge in [0.15, 0.2) is 5.82 Å². The van der Waals surface area contributed by atoms with Crippen LogP contribution >= 0.6 is 22.9 Å². The van der Waals surface area contributed by atoms with Gasteiger partial charge < -0.3 is 15.6 Å². The summed E-state index contributed by atoms with van der Waals surface area (Å²) in [6.45, 7) is -0.976. The zero-order chi connectivity index (χ0) is 21.8. The number of hydrogen-bond acceptors (Lipinski definition) is 4. The Morgan fingerprint density at radius 2 is 2.03 bits per heavy atom. The summed E-state index contributed by atoms with van der Waals surface area (Å²) in [6.07, 6.45) is 1.82. The molecule has 10 heteroatoms. The molecule has 160 valence electrons. The molecule has 2 aromatic heterocycles. The van der Waals surface area contributed by atoms with Gasteiger partial charge in [-0.15, -0.1) is 11.3 Å². The summed E-state index contributed by atoms with van der Waals surface area (Å²) in [5, 5.41) is 2.40. The number of halogens is 4. The van der Waals surface area contributed by atoms with Crippen LogP contribution in [0.25, 0.3) is 0 Å². The number of rotatable bonds is 4. The standard InChI is InChI=1S/C20H19ClF3N3O2S/c21-18-12(4-1-11-2-5-13(25)6-3-11)7-16(30-18)19(28)26-14-8-15(22)20(29)27(9-14)10-17(23)24/h7-9,11,13,17H,2-3,5-6,10,25H2,(H,26,28)/t11-,13-. The van der Waals surface area contributed by atoms with Crippen molar-refractivity contribution in [2.24, 2.45) is 11.7 Å². The average molecular weight is 458 g/mol. The molecular formula is C20H19ClF3N3O2S. The SMILES string of the molecule is N[C@H]1CC[C@H](C#Cc2cc(C(=O)Nc3cc(F)c(=O)n(CC(F)F)c3)sc2Cl)CC1. The van der Waals surface area contributed by atoms with Gasteiger partial charge in [0.25, 0.3) is 17.9 Å². The molecule has 0 unspecified atom stereocenters. The van der Waals surface area contributed by atoms with E-state index in [1.165, 1.54) is 6.07 Å². The zero-order valence-corrected chi connectivity index (χ0v) is 17.3. The van der Waals surface area contributed by atoms with Crippen molar-refractivity contribution in [3.8, 4) is 11.8 Å². The first-order chi connectivity index (χ1) is 14.2. The number of nitrogens with one attached hydrogen (secondary N) is 1. The van der Waals surface area contributed by atoms with Crippen molar-refractivity contribution >= 4 is 34.5 Å². The van der Waals surface area contributed by atoms with E-state index in [0.717, 1.165) is 49.3 Å². The summed E-state index contributed by atoms with van der Waals surface area (Å²) >= 11 is 7.19. The number of amides is 1. The number of carbonyl (C=O) groups excluding carboxylic acids is 1. The zero-order valence-electron chi connectivity index (χ0n) is 15.8. The van der Waals surface area contributed by atoms with Gasteiger partial charge in [-0.25, -0.2) is 13.2 Å². The Balaban J connectivity index is 1.73. The maximum absolute atomic E-state index is 13.7. The van der Waals surface area contributed by atoms with Crippen LogP contribution in [0.15, 0.2) is 23.1 Å². The first kappa shape index (κ1) is 22.4. The summed E-state index contributed by atoms with van der Waals surface area (Å²) in [7, 11) is 0. The summed E-state index contributed by atoms with van der Waals surface area (Å²) < 4.78 is 39.7. The van der Waals surface area contributed by atoms with Crippen LogP contribution in [0.2, 0.25) is 4.34 Å². The van der Waals surface area contributed by atoms with Crippen LogP contribution in [0.3, 0.4) is 0 Å². The van der Waals surface area contributed by atoms with E-state index in [1.54, 1.807) is 0 Å². The second-order valence-electron chi connectivity index (χ2n) is 7.06. The third-order valence-corrected chi connectivity index (χ3v) is 6.09. The topological polar surface area (TPSA) is 77.1 Å². The second-order valence-corrected chi connectivity index (χ2v) is 8.71. The first-order valence-corrected chi connectivity index (χ1v) is 10.5. The molecule has 1 aliphatic carbocycles. The van der Waals surface area contributed by atoms with Crippen LogP contribution in [0.5, 0.6) is 0 Å². The number of aromatic nitrogens is 1. The highest BCUT2D eigenvalue weighted by Crippen LogP contribution is 2.28. The van der Waals surface area contributed by atoms with Gasteiger partial charge >= 0.3 is 0 Å². The number of pyridine rings is 1. The monoisotopic (exact) mass is 457 g/mol. The predicted molar refractivity (Wildman–Crippen MR) is 111 cm³/mol. The summed E-state index contributed by atoms with van der Waals surface area (Å²) in [5.41, 5.74) is 5.09.